The number of nitrogens with zero attached hydrogens (tertiary/aromatic N) is 1. The first-order valence-corrected chi connectivity index (χ1v) is 11.7. The highest BCUT2D eigenvalue weighted by molar-refractivity contribution is 5.94. The molecular weight excluding hydrogens is 362 g/mol. The first-order chi connectivity index (χ1) is 13.9. The van der Waals surface area contributed by atoms with Gasteiger partial charge in [-0.15, -0.1) is 0 Å². The van der Waals surface area contributed by atoms with E-state index < -0.39 is 6.10 Å². The molecule has 5 atom stereocenters. The summed E-state index contributed by atoms with van der Waals surface area (Å²) in [4.78, 5) is 16.5. The molecule has 1 aromatic carbocycles. The van der Waals surface area contributed by atoms with Crippen molar-refractivity contribution in [3.05, 3.63) is 23.3 Å². The molecule has 1 aromatic rings. The molecule has 1 N–H and O–H groups in total. The van der Waals surface area contributed by atoms with Crippen LogP contribution in [0, 0.1) is 23.2 Å². The van der Waals surface area contributed by atoms with Crippen LogP contribution in [-0.4, -0.2) is 41.0 Å². The molecule has 2 heterocycles. The van der Waals surface area contributed by atoms with Gasteiger partial charge in [0.25, 0.3) is 0 Å². The Morgan fingerprint density at radius 3 is 2.76 bits per heavy atom. The van der Waals surface area contributed by atoms with Crippen molar-refractivity contribution in [1.29, 1.82) is 0 Å². The summed E-state index contributed by atoms with van der Waals surface area (Å²) < 4.78 is 6.38. The van der Waals surface area contributed by atoms with Crippen LogP contribution in [0.25, 0.3) is 0 Å². The van der Waals surface area contributed by atoms with Gasteiger partial charge in [0.1, 0.15) is 0 Å². The highest BCUT2D eigenvalue weighted by Gasteiger charge is 2.71. The van der Waals surface area contributed by atoms with Crippen molar-refractivity contribution in [3.8, 4) is 11.5 Å². The minimum Gasteiger partial charge on any atom is -0.504 e. The molecule has 4 heteroatoms. The predicted octanol–water partition coefficient (Wildman–Crippen LogP) is 4.07. The van der Waals surface area contributed by atoms with Gasteiger partial charge in [-0.1, -0.05) is 39.7 Å². The molecule has 2 bridgehead atoms. The number of aromatic hydroxyl groups is 1. The zero-order valence-electron chi connectivity index (χ0n) is 17.9. The van der Waals surface area contributed by atoms with Crippen molar-refractivity contribution in [2.45, 2.75) is 76.9 Å². The second-order valence-corrected chi connectivity index (χ2v) is 10.9. The van der Waals surface area contributed by atoms with Crippen LogP contribution in [0.1, 0.15) is 64.0 Å². The number of phenolic OH excluding ortho intramolecular Hbond substituents is 1. The van der Waals surface area contributed by atoms with E-state index in [1.807, 2.05) is 0 Å². The third kappa shape index (κ3) is 2.07. The minimum atomic E-state index is -0.430. The Morgan fingerprint density at radius 1 is 1.28 bits per heavy atom. The Labute approximate surface area is 173 Å². The smallest absolute Gasteiger partial charge is 0.180 e. The van der Waals surface area contributed by atoms with E-state index in [1.165, 1.54) is 36.9 Å². The van der Waals surface area contributed by atoms with E-state index >= 15 is 0 Å². The lowest BCUT2D eigenvalue weighted by Crippen LogP contribution is -2.72. The van der Waals surface area contributed by atoms with Gasteiger partial charge in [-0.2, -0.15) is 0 Å². The zero-order chi connectivity index (χ0) is 20.1. The molecule has 2 saturated carbocycles. The predicted molar refractivity (Wildman–Crippen MR) is 111 cm³/mol. The summed E-state index contributed by atoms with van der Waals surface area (Å²) in [5.41, 5.74) is 1.87. The Balaban J connectivity index is 1.55. The number of hydrogen-bond acceptors (Lipinski definition) is 4. The van der Waals surface area contributed by atoms with Gasteiger partial charge >= 0.3 is 0 Å². The van der Waals surface area contributed by atoms with Gasteiger partial charge in [-0.3, -0.25) is 9.69 Å². The van der Waals surface area contributed by atoms with Gasteiger partial charge in [-0.25, -0.2) is 0 Å². The highest BCUT2D eigenvalue weighted by Crippen LogP contribution is 2.67. The summed E-state index contributed by atoms with van der Waals surface area (Å²) in [5.74, 6) is 2.70. The summed E-state index contributed by atoms with van der Waals surface area (Å²) >= 11 is 0. The third-order valence-electron chi connectivity index (χ3n) is 9.50. The number of benzene rings is 1. The quantitative estimate of drug-likeness (QED) is 0.838. The second-order valence-electron chi connectivity index (χ2n) is 10.9. The fraction of sp³-hybridized carbons (Fsp3) is 0.720. The van der Waals surface area contributed by atoms with Gasteiger partial charge < -0.3 is 9.84 Å². The average Bonchev–Trinajstić information content (AvgIpc) is 2.99. The van der Waals surface area contributed by atoms with Crippen LogP contribution in [0.2, 0.25) is 0 Å². The molecular formula is C25H33NO3. The van der Waals surface area contributed by atoms with Crippen LogP contribution in [-0.2, 0) is 16.6 Å². The van der Waals surface area contributed by atoms with Crippen LogP contribution in [0.15, 0.2) is 12.1 Å². The number of carbonyl (C=O) groups excluding carboxylic acids is 1. The Morgan fingerprint density at radius 2 is 2.07 bits per heavy atom. The van der Waals surface area contributed by atoms with E-state index in [9.17, 15) is 9.90 Å². The molecule has 29 heavy (non-hydrogen) atoms. The topological polar surface area (TPSA) is 49.8 Å². The maximum Gasteiger partial charge on any atom is 0.180 e. The van der Waals surface area contributed by atoms with Gasteiger partial charge in [0, 0.05) is 29.0 Å². The lowest BCUT2D eigenvalue weighted by atomic mass is 9.43. The number of rotatable bonds is 3. The molecule has 0 aromatic heterocycles. The Kier molecular flexibility index (Phi) is 3.63. The summed E-state index contributed by atoms with van der Waals surface area (Å²) in [7, 11) is 0. The van der Waals surface area contributed by atoms with Crippen LogP contribution in [0.3, 0.4) is 0 Å². The SMILES string of the molecule is CC[C@@H]1[C@H]2[C@H]3Cc4ccc(O)c5c4[C@@]2(CCN3CC2CCC2)[C@H](O5)C(=O)C1(C)C. The molecule has 3 aliphatic carbocycles. The number of ether oxygens (including phenoxy) is 1. The van der Waals surface area contributed by atoms with Crippen LogP contribution < -0.4 is 4.74 Å². The number of carbonyl (C=O) groups is 1. The highest BCUT2D eigenvalue weighted by atomic mass is 16.5. The summed E-state index contributed by atoms with van der Waals surface area (Å²) in [6, 6.07) is 4.36. The minimum absolute atomic E-state index is 0.209. The van der Waals surface area contributed by atoms with Crippen LogP contribution in [0.5, 0.6) is 11.5 Å². The second kappa shape index (κ2) is 5.78. The van der Waals surface area contributed by atoms with E-state index in [0.717, 1.165) is 31.7 Å². The molecule has 0 unspecified atom stereocenters. The maximum atomic E-state index is 13.7. The molecule has 6 rings (SSSR count). The van der Waals surface area contributed by atoms with Crippen molar-refractivity contribution >= 4 is 5.78 Å². The number of piperidine rings is 1. The fourth-order valence-electron chi connectivity index (χ4n) is 7.96. The summed E-state index contributed by atoms with van der Waals surface area (Å²) in [5, 5.41) is 10.6. The molecule has 1 spiro atoms. The standard InChI is InChI=1S/C25H33NO3/c1-4-16-20-17-12-15-8-9-18(27)21-19(15)25(20,23(29-21)22(28)24(16,2)3)10-11-26(17)13-14-6-5-7-14/h8-9,14,16-17,20,23,27H,4-7,10-13H2,1-3H3/t16-,17-,20+,23-,25-/m1/s1. The van der Waals surface area contributed by atoms with Crippen molar-refractivity contribution in [1.82, 2.24) is 4.90 Å². The summed E-state index contributed by atoms with van der Waals surface area (Å²) in [6.07, 6.45) is 6.74. The molecule has 2 aliphatic heterocycles. The molecule has 156 valence electrons. The molecule has 5 aliphatic rings. The van der Waals surface area contributed by atoms with Crippen molar-refractivity contribution in [2.75, 3.05) is 13.1 Å². The van der Waals surface area contributed by atoms with Gasteiger partial charge in [0.2, 0.25) is 0 Å². The number of ketones is 1. The van der Waals surface area contributed by atoms with Crippen molar-refractivity contribution in [2.24, 2.45) is 23.2 Å². The molecule has 1 saturated heterocycles. The van der Waals surface area contributed by atoms with Crippen LogP contribution >= 0.6 is 0 Å². The Bertz CT molecular complexity index is 888. The van der Waals surface area contributed by atoms with Gasteiger partial charge in [0.05, 0.1) is 0 Å². The number of Topliss-reactive ketones (excluding diaryl/α,β-unsaturated/α-hetero) is 1. The van der Waals surface area contributed by atoms with Crippen molar-refractivity contribution < 1.29 is 14.6 Å². The van der Waals surface area contributed by atoms with E-state index in [-0.39, 0.29) is 22.4 Å². The number of phenols is 1. The van der Waals surface area contributed by atoms with Gasteiger partial charge in [-0.05, 0) is 61.6 Å². The number of likely N-dealkylation sites (tertiary alicyclic amines) is 1. The van der Waals surface area contributed by atoms with E-state index in [2.05, 4.69) is 31.7 Å². The van der Waals surface area contributed by atoms with E-state index in [4.69, 9.17) is 4.74 Å². The summed E-state index contributed by atoms with van der Waals surface area (Å²) in [6.45, 7) is 8.82. The maximum absolute atomic E-state index is 13.7. The molecule has 3 fully saturated rings. The van der Waals surface area contributed by atoms with Crippen molar-refractivity contribution in [3.63, 3.8) is 0 Å². The van der Waals surface area contributed by atoms with Gasteiger partial charge in [0.15, 0.2) is 23.4 Å². The van der Waals surface area contributed by atoms with E-state index in [1.54, 1.807) is 6.07 Å². The zero-order valence-corrected chi connectivity index (χ0v) is 17.9. The molecule has 0 amide bonds. The average molecular weight is 396 g/mol. The Hall–Kier alpha value is -1.55. The first kappa shape index (κ1) is 18.2. The lowest BCUT2D eigenvalue weighted by Gasteiger charge is -2.63. The lowest BCUT2D eigenvalue weighted by molar-refractivity contribution is -0.166. The number of hydrogen-bond donors (Lipinski definition) is 1. The monoisotopic (exact) mass is 395 g/mol. The molecule has 0 radical (unpaired) electrons. The molecule has 4 nitrogen and oxygen atoms in total. The van der Waals surface area contributed by atoms with Crippen LogP contribution in [0.4, 0.5) is 0 Å². The first-order valence-electron chi connectivity index (χ1n) is 11.7. The largest absolute Gasteiger partial charge is 0.504 e. The normalized spacial score (nSPS) is 39.6. The fourth-order valence-corrected chi connectivity index (χ4v) is 7.96. The van der Waals surface area contributed by atoms with E-state index in [0.29, 0.717) is 23.6 Å². The third-order valence-corrected chi connectivity index (χ3v) is 9.50.